The molecule has 0 radical (unpaired) electrons. The molecule has 0 heterocycles. The normalized spacial score (nSPS) is 12.6. The number of benzene rings is 2. The van der Waals surface area contributed by atoms with Gasteiger partial charge in [0.1, 0.15) is 19.6 Å². The van der Waals surface area contributed by atoms with E-state index >= 15 is 0 Å². The molecule has 20 heteroatoms. The summed E-state index contributed by atoms with van der Waals surface area (Å²) in [7, 11) is -18.6. The van der Waals surface area contributed by atoms with Gasteiger partial charge in [-0.3, -0.25) is 18.2 Å². The minimum absolute atomic E-state index is 0.283. The summed E-state index contributed by atoms with van der Waals surface area (Å²) in [5.41, 5.74) is 18.7. The molecule has 0 amide bonds. The SMILES string of the molecule is Nc1cc(S(=O)(=O)O)c(N)c(S(=O)(=O)O)c1.Nc1cc(S(=O)(=O)O)c(N)cc1S(=O)(=O)O. The molecule has 0 saturated heterocycles. The quantitative estimate of drug-likeness (QED) is 0.166. The van der Waals surface area contributed by atoms with Crippen molar-refractivity contribution in [3.63, 3.8) is 0 Å². The first kappa shape index (κ1) is 27.3. The second kappa shape index (κ2) is 8.67. The van der Waals surface area contributed by atoms with Crippen molar-refractivity contribution in [1.29, 1.82) is 0 Å². The van der Waals surface area contributed by atoms with Crippen LogP contribution in [0.3, 0.4) is 0 Å². The highest BCUT2D eigenvalue weighted by Gasteiger charge is 2.24. The van der Waals surface area contributed by atoms with E-state index in [4.69, 9.17) is 41.1 Å². The molecule has 0 aliphatic rings. The maximum Gasteiger partial charge on any atom is 0.296 e. The zero-order valence-corrected chi connectivity index (χ0v) is 18.6. The Kier molecular flexibility index (Phi) is 7.40. The van der Waals surface area contributed by atoms with E-state index in [1.165, 1.54) is 0 Å². The number of rotatable bonds is 4. The van der Waals surface area contributed by atoms with Gasteiger partial charge in [-0.1, -0.05) is 0 Å². The zero-order chi connectivity index (χ0) is 25.4. The molecule has 0 fully saturated rings. The van der Waals surface area contributed by atoms with Gasteiger partial charge in [0.15, 0.2) is 0 Å². The third-order valence-corrected chi connectivity index (χ3v) is 6.99. The fourth-order valence-corrected chi connectivity index (χ4v) is 4.76. The lowest BCUT2D eigenvalue weighted by Gasteiger charge is -2.08. The van der Waals surface area contributed by atoms with Gasteiger partial charge in [-0.2, -0.15) is 33.7 Å². The van der Waals surface area contributed by atoms with Crippen LogP contribution < -0.4 is 22.9 Å². The van der Waals surface area contributed by atoms with Crippen LogP contribution in [0, 0.1) is 0 Å². The summed E-state index contributed by atoms with van der Waals surface area (Å²) in [6, 6.07) is 2.85. The summed E-state index contributed by atoms with van der Waals surface area (Å²) in [6.45, 7) is 0. The molecule has 16 nitrogen and oxygen atoms in total. The first-order chi connectivity index (χ1) is 14.1. The molecule has 0 aromatic heterocycles. The van der Waals surface area contributed by atoms with Gasteiger partial charge < -0.3 is 22.9 Å². The molecule has 12 N–H and O–H groups in total. The Balaban J connectivity index is 0.000000320. The molecule has 0 atom stereocenters. The van der Waals surface area contributed by atoms with Crippen LogP contribution in [-0.4, -0.2) is 51.9 Å². The van der Waals surface area contributed by atoms with Gasteiger partial charge in [-0.25, -0.2) is 0 Å². The number of anilines is 4. The molecule has 0 bridgehead atoms. The van der Waals surface area contributed by atoms with Gasteiger partial charge in [0.2, 0.25) is 0 Å². The van der Waals surface area contributed by atoms with Crippen molar-refractivity contribution >= 4 is 63.2 Å². The molecule has 180 valence electrons. The molecule has 2 rings (SSSR count). The van der Waals surface area contributed by atoms with E-state index in [9.17, 15) is 33.7 Å². The molecule has 2 aromatic carbocycles. The minimum Gasteiger partial charge on any atom is -0.399 e. The maximum absolute atomic E-state index is 10.8. The van der Waals surface area contributed by atoms with Crippen molar-refractivity contribution in [1.82, 2.24) is 0 Å². The fraction of sp³-hybridized carbons (Fsp3) is 0. The monoisotopic (exact) mass is 536 g/mol. The van der Waals surface area contributed by atoms with Crippen molar-refractivity contribution in [2.45, 2.75) is 19.6 Å². The molecular formula is C12H16N4O12S4. The molecule has 0 spiro atoms. The summed E-state index contributed by atoms with van der Waals surface area (Å²) >= 11 is 0. The number of hydrogen-bond donors (Lipinski definition) is 8. The Bertz CT molecular complexity index is 1390. The predicted octanol–water partition coefficient (Wildman–Crippen LogP) is -1.31. The third kappa shape index (κ3) is 6.64. The van der Waals surface area contributed by atoms with E-state index < -0.39 is 77.1 Å². The third-order valence-electron chi connectivity index (χ3n) is 3.38. The topological polar surface area (TPSA) is 322 Å². The van der Waals surface area contributed by atoms with Gasteiger partial charge in [0.25, 0.3) is 40.5 Å². The second-order valence-corrected chi connectivity index (χ2v) is 11.3. The Hall–Kier alpha value is -2.72. The Morgan fingerprint density at radius 2 is 0.719 bits per heavy atom. The predicted molar refractivity (Wildman–Crippen MR) is 110 cm³/mol. The first-order valence-electron chi connectivity index (χ1n) is 7.34. The van der Waals surface area contributed by atoms with Crippen LogP contribution in [0.15, 0.2) is 43.8 Å². The lowest BCUT2D eigenvalue weighted by Crippen LogP contribution is -2.10. The van der Waals surface area contributed by atoms with E-state index in [2.05, 4.69) is 0 Å². The Morgan fingerprint density at radius 1 is 0.469 bits per heavy atom. The van der Waals surface area contributed by atoms with Gasteiger partial charge in [0, 0.05) is 5.69 Å². The molecule has 0 aliphatic heterocycles. The van der Waals surface area contributed by atoms with Crippen LogP contribution >= 0.6 is 0 Å². The van der Waals surface area contributed by atoms with E-state index in [0.29, 0.717) is 12.1 Å². The smallest absolute Gasteiger partial charge is 0.296 e. The zero-order valence-electron chi connectivity index (χ0n) is 15.3. The van der Waals surface area contributed by atoms with Crippen LogP contribution in [0.25, 0.3) is 0 Å². The van der Waals surface area contributed by atoms with E-state index in [-0.39, 0.29) is 5.69 Å². The van der Waals surface area contributed by atoms with Crippen molar-refractivity contribution < 1.29 is 51.9 Å². The average molecular weight is 537 g/mol. The summed E-state index contributed by atoms with van der Waals surface area (Å²) in [5, 5.41) is 0. The highest BCUT2D eigenvalue weighted by Crippen LogP contribution is 2.29. The van der Waals surface area contributed by atoms with Crippen molar-refractivity contribution in [3.05, 3.63) is 24.3 Å². The number of nitrogens with two attached hydrogens (primary N) is 4. The van der Waals surface area contributed by atoms with Crippen LogP contribution in [0.2, 0.25) is 0 Å². The molecule has 0 saturated carbocycles. The highest BCUT2D eigenvalue weighted by atomic mass is 32.2. The summed E-state index contributed by atoms with van der Waals surface area (Å²) < 4.78 is 121. The molecular weight excluding hydrogens is 520 g/mol. The Morgan fingerprint density at radius 3 is 0.938 bits per heavy atom. The second-order valence-electron chi connectivity index (χ2n) is 5.76. The van der Waals surface area contributed by atoms with Crippen molar-refractivity contribution in [2.24, 2.45) is 0 Å². The molecule has 2 aromatic rings. The van der Waals surface area contributed by atoms with Crippen molar-refractivity contribution in [3.8, 4) is 0 Å². The van der Waals surface area contributed by atoms with E-state index in [1.54, 1.807) is 0 Å². The lowest BCUT2D eigenvalue weighted by atomic mass is 10.3. The van der Waals surface area contributed by atoms with Gasteiger partial charge >= 0.3 is 0 Å². The number of hydrogen-bond acceptors (Lipinski definition) is 12. The largest absolute Gasteiger partial charge is 0.399 e. The van der Waals surface area contributed by atoms with E-state index in [1.807, 2.05) is 0 Å². The number of nitrogen functional groups attached to an aromatic ring is 4. The highest BCUT2D eigenvalue weighted by molar-refractivity contribution is 7.87. The molecule has 0 unspecified atom stereocenters. The van der Waals surface area contributed by atoms with Gasteiger partial charge in [0.05, 0.1) is 17.1 Å². The maximum atomic E-state index is 10.8. The minimum atomic E-state index is -4.72. The molecule has 0 aliphatic carbocycles. The summed E-state index contributed by atoms with van der Waals surface area (Å²) in [5.74, 6) is 0. The first-order valence-corrected chi connectivity index (χ1v) is 13.1. The van der Waals surface area contributed by atoms with E-state index in [0.717, 1.165) is 12.1 Å². The van der Waals surface area contributed by atoms with Gasteiger partial charge in [-0.05, 0) is 24.3 Å². The fourth-order valence-electron chi connectivity index (χ4n) is 2.09. The van der Waals surface area contributed by atoms with Gasteiger partial charge in [-0.15, -0.1) is 0 Å². The van der Waals surface area contributed by atoms with Crippen LogP contribution in [0.4, 0.5) is 22.7 Å². The standard InChI is InChI=1S/2C6H8N2O6S2/c7-3-1-5(15(9,10)11)4(8)2-6(3)16(12,13)14;7-3-1-4(15(9,10)11)6(8)5(2-3)16(12,13)14/h2*1-2H,7-8H2,(H,9,10,11)(H,12,13,14). The van der Waals surface area contributed by atoms with Crippen LogP contribution in [0.5, 0.6) is 0 Å². The summed E-state index contributed by atoms with van der Waals surface area (Å²) in [6.07, 6.45) is 0. The van der Waals surface area contributed by atoms with Crippen molar-refractivity contribution in [2.75, 3.05) is 22.9 Å². The average Bonchev–Trinajstić information content (AvgIpc) is 2.55. The Labute approximate surface area is 181 Å². The van der Waals surface area contributed by atoms with Crippen LogP contribution in [0.1, 0.15) is 0 Å². The van der Waals surface area contributed by atoms with Crippen LogP contribution in [-0.2, 0) is 40.5 Å². The summed E-state index contributed by atoms with van der Waals surface area (Å²) in [4.78, 5) is -3.20. The lowest BCUT2D eigenvalue weighted by molar-refractivity contribution is 0.479. The molecule has 32 heavy (non-hydrogen) atoms.